The molecule has 1 aromatic carbocycles. The highest BCUT2D eigenvalue weighted by molar-refractivity contribution is 5.39. The summed E-state index contributed by atoms with van der Waals surface area (Å²) in [6, 6.07) is 6.52. The number of hydrogen-bond acceptors (Lipinski definition) is 3. The summed E-state index contributed by atoms with van der Waals surface area (Å²) in [6.07, 6.45) is 2.10. The van der Waals surface area contributed by atoms with Crippen molar-refractivity contribution in [1.82, 2.24) is 5.32 Å². The van der Waals surface area contributed by atoms with E-state index < -0.39 is 0 Å². The maximum Gasteiger partial charge on any atom is 0.119 e. The molecule has 0 amide bonds. The zero-order valence-corrected chi connectivity index (χ0v) is 10.6. The first-order valence-corrected chi connectivity index (χ1v) is 6.31. The van der Waals surface area contributed by atoms with E-state index in [2.05, 4.69) is 24.4 Å². The Balaban J connectivity index is 2.35. The summed E-state index contributed by atoms with van der Waals surface area (Å²) in [6.45, 7) is 3.26. The van der Waals surface area contributed by atoms with Gasteiger partial charge in [-0.3, -0.25) is 0 Å². The van der Waals surface area contributed by atoms with Crippen molar-refractivity contribution in [3.8, 4) is 5.75 Å². The van der Waals surface area contributed by atoms with E-state index in [1.165, 1.54) is 11.1 Å². The van der Waals surface area contributed by atoms with Gasteiger partial charge in [-0.1, -0.05) is 13.0 Å². The summed E-state index contributed by atoms with van der Waals surface area (Å²) in [5.41, 5.74) is 2.66. The number of fused-ring (bicyclic) bond motifs is 1. The molecule has 0 spiro atoms. The fourth-order valence-corrected chi connectivity index (χ4v) is 2.67. The van der Waals surface area contributed by atoms with E-state index in [0.29, 0.717) is 5.92 Å². The van der Waals surface area contributed by atoms with Gasteiger partial charge >= 0.3 is 0 Å². The van der Waals surface area contributed by atoms with E-state index in [1.807, 2.05) is 6.07 Å². The van der Waals surface area contributed by atoms with Gasteiger partial charge in [0.2, 0.25) is 0 Å². The number of ether oxygens (including phenoxy) is 1. The molecule has 0 radical (unpaired) electrons. The Labute approximate surface area is 103 Å². The molecule has 1 aliphatic carbocycles. The molecule has 2 unspecified atom stereocenters. The third kappa shape index (κ3) is 2.45. The molecular formula is C14H21NO2. The molecule has 0 bridgehead atoms. The fraction of sp³-hybridized carbons (Fsp3) is 0.571. The minimum Gasteiger partial charge on any atom is -0.497 e. The highest BCUT2D eigenvalue weighted by atomic mass is 16.5. The van der Waals surface area contributed by atoms with Crippen LogP contribution in [-0.4, -0.2) is 25.4 Å². The minimum atomic E-state index is 0.244. The molecule has 1 aromatic rings. The van der Waals surface area contributed by atoms with Crippen molar-refractivity contribution >= 4 is 0 Å². The van der Waals surface area contributed by atoms with Crippen LogP contribution >= 0.6 is 0 Å². The van der Waals surface area contributed by atoms with Gasteiger partial charge in [-0.15, -0.1) is 0 Å². The average Bonchev–Trinajstić information content (AvgIpc) is 2.39. The third-order valence-corrected chi connectivity index (χ3v) is 3.60. The van der Waals surface area contributed by atoms with E-state index in [-0.39, 0.29) is 12.6 Å². The van der Waals surface area contributed by atoms with Crippen molar-refractivity contribution in [2.45, 2.75) is 25.8 Å². The molecule has 0 saturated heterocycles. The molecule has 3 heteroatoms. The molecule has 0 fully saturated rings. The van der Waals surface area contributed by atoms with Crippen molar-refractivity contribution < 1.29 is 9.84 Å². The standard InChI is InChI=1S/C14H21NO2/c1-3-15-14-11(9-16)5-4-10-6-7-12(17-2)8-13(10)14/h6-8,11,14-16H,3-5,9H2,1-2H3. The predicted molar refractivity (Wildman–Crippen MR) is 68.3 cm³/mol. The Morgan fingerprint density at radius 1 is 1.47 bits per heavy atom. The lowest BCUT2D eigenvalue weighted by Crippen LogP contribution is -2.34. The largest absolute Gasteiger partial charge is 0.497 e. The fourth-order valence-electron chi connectivity index (χ4n) is 2.67. The molecule has 0 aromatic heterocycles. The lowest BCUT2D eigenvalue weighted by Gasteiger charge is -2.33. The average molecular weight is 235 g/mol. The van der Waals surface area contributed by atoms with Crippen LogP contribution in [0.2, 0.25) is 0 Å². The number of rotatable bonds is 4. The number of aryl methyl sites for hydroxylation is 1. The molecule has 2 N–H and O–H groups in total. The maximum absolute atomic E-state index is 9.47. The third-order valence-electron chi connectivity index (χ3n) is 3.60. The quantitative estimate of drug-likeness (QED) is 0.837. The second-order valence-corrected chi connectivity index (χ2v) is 4.58. The van der Waals surface area contributed by atoms with Crippen molar-refractivity contribution in [3.05, 3.63) is 29.3 Å². The van der Waals surface area contributed by atoms with E-state index in [0.717, 1.165) is 25.1 Å². The van der Waals surface area contributed by atoms with Crippen LogP contribution in [-0.2, 0) is 6.42 Å². The highest BCUT2D eigenvalue weighted by Gasteiger charge is 2.28. The summed E-state index contributed by atoms with van der Waals surface area (Å²) in [4.78, 5) is 0. The Bertz CT molecular complexity index is 378. The second-order valence-electron chi connectivity index (χ2n) is 4.58. The zero-order chi connectivity index (χ0) is 12.3. The van der Waals surface area contributed by atoms with Crippen LogP contribution < -0.4 is 10.1 Å². The van der Waals surface area contributed by atoms with Gasteiger partial charge in [0.1, 0.15) is 5.75 Å². The van der Waals surface area contributed by atoms with Gasteiger partial charge in [0.25, 0.3) is 0 Å². The normalized spacial score (nSPS) is 23.2. The second kappa shape index (κ2) is 5.52. The first-order valence-electron chi connectivity index (χ1n) is 6.31. The van der Waals surface area contributed by atoms with Crippen LogP contribution in [0.25, 0.3) is 0 Å². The summed E-state index contributed by atoms with van der Waals surface area (Å²) in [5, 5.41) is 12.9. The lowest BCUT2D eigenvalue weighted by molar-refractivity contribution is 0.175. The van der Waals surface area contributed by atoms with Crippen molar-refractivity contribution in [2.75, 3.05) is 20.3 Å². The summed E-state index contributed by atoms with van der Waals surface area (Å²) in [5.74, 6) is 1.21. The van der Waals surface area contributed by atoms with Crippen LogP contribution in [0, 0.1) is 5.92 Å². The van der Waals surface area contributed by atoms with E-state index in [4.69, 9.17) is 4.74 Å². The minimum absolute atomic E-state index is 0.244. The molecule has 0 heterocycles. The Hall–Kier alpha value is -1.06. The summed E-state index contributed by atoms with van der Waals surface area (Å²) >= 11 is 0. The first-order chi connectivity index (χ1) is 8.30. The van der Waals surface area contributed by atoms with Crippen LogP contribution in [0.15, 0.2) is 18.2 Å². The number of aliphatic hydroxyl groups is 1. The molecule has 0 saturated carbocycles. The Morgan fingerprint density at radius 3 is 2.94 bits per heavy atom. The summed E-state index contributed by atoms with van der Waals surface area (Å²) in [7, 11) is 1.69. The highest BCUT2D eigenvalue weighted by Crippen LogP contribution is 2.36. The molecular weight excluding hydrogens is 214 g/mol. The number of methoxy groups -OCH3 is 1. The number of aliphatic hydroxyl groups excluding tert-OH is 1. The van der Waals surface area contributed by atoms with Crippen LogP contribution in [0.3, 0.4) is 0 Å². The number of benzene rings is 1. The van der Waals surface area contributed by atoms with Gasteiger partial charge in [0, 0.05) is 18.6 Å². The van der Waals surface area contributed by atoms with Crippen LogP contribution in [0.1, 0.15) is 30.5 Å². The topological polar surface area (TPSA) is 41.5 Å². The molecule has 94 valence electrons. The zero-order valence-electron chi connectivity index (χ0n) is 10.6. The van der Waals surface area contributed by atoms with Gasteiger partial charge < -0.3 is 15.2 Å². The molecule has 2 atom stereocenters. The van der Waals surface area contributed by atoms with Gasteiger partial charge in [0.05, 0.1) is 7.11 Å². The van der Waals surface area contributed by atoms with Gasteiger partial charge in [-0.25, -0.2) is 0 Å². The van der Waals surface area contributed by atoms with Crippen molar-refractivity contribution in [3.63, 3.8) is 0 Å². The molecule has 2 rings (SSSR count). The number of nitrogens with one attached hydrogen (secondary N) is 1. The Morgan fingerprint density at radius 2 is 2.29 bits per heavy atom. The number of hydrogen-bond donors (Lipinski definition) is 2. The van der Waals surface area contributed by atoms with Gasteiger partial charge in [0.15, 0.2) is 0 Å². The first kappa shape index (κ1) is 12.4. The van der Waals surface area contributed by atoms with E-state index >= 15 is 0 Å². The van der Waals surface area contributed by atoms with Gasteiger partial charge in [-0.05, 0) is 42.6 Å². The van der Waals surface area contributed by atoms with Crippen molar-refractivity contribution in [1.29, 1.82) is 0 Å². The van der Waals surface area contributed by atoms with Crippen molar-refractivity contribution in [2.24, 2.45) is 5.92 Å². The predicted octanol–water partition coefficient (Wildman–Crippen LogP) is 1.90. The smallest absolute Gasteiger partial charge is 0.119 e. The maximum atomic E-state index is 9.47. The molecule has 17 heavy (non-hydrogen) atoms. The molecule has 1 aliphatic rings. The van der Waals surface area contributed by atoms with E-state index in [9.17, 15) is 5.11 Å². The SMILES string of the molecule is CCNC1c2cc(OC)ccc2CCC1CO. The summed E-state index contributed by atoms with van der Waals surface area (Å²) < 4.78 is 5.29. The lowest BCUT2D eigenvalue weighted by atomic mass is 9.80. The monoisotopic (exact) mass is 235 g/mol. The molecule has 3 nitrogen and oxygen atoms in total. The van der Waals surface area contributed by atoms with Crippen LogP contribution in [0.4, 0.5) is 0 Å². The Kier molecular flexibility index (Phi) is 4.02. The van der Waals surface area contributed by atoms with Gasteiger partial charge in [-0.2, -0.15) is 0 Å². The van der Waals surface area contributed by atoms with E-state index in [1.54, 1.807) is 7.11 Å². The van der Waals surface area contributed by atoms with Crippen LogP contribution in [0.5, 0.6) is 5.75 Å². The molecule has 0 aliphatic heterocycles.